The fourth-order valence-electron chi connectivity index (χ4n) is 0.646. The van der Waals surface area contributed by atoms with Gasteiger partial charge >= 0.3 is 29.6 Å². The number of phenols is 1. The van der Waals surface area contributed by atoms with Crippen LogP contribution in [0.5, 0.6) is 5.75 Å². The molecule has 0 amide bonds. The smallest absolute Gasteiger partial charge is 0.545 e. The fourth-order valence-corrected chi connectivity index (χ4v) is 0.646. The summed E-state index contributed by atoms with van der Waals surface area (Å²) in [5, 5.41) is 35.0. The van der Waals surface area contributed by atoms with E-state index in [4.69, 9.17) is 15.3 Å². The maximum Gasteiger partial charge on any atom is 1.00 e. The molecule has 1 rings (SSSR count). The van der Waals surface area contributed by atoms with E-state index in [9.17, 15) is 9.90 Å². The first-order valence-corrected chi connectivity index (χ1v) is 4.27. The van der Waals surface area contributed by atoms with Gasteiger partial charge in [-0.05, 0) is 19.1 Å². The molecule has 0 aliphatic rings. The zero-order valence-corrected chi connectivity index (χ0v) is 11.3. The predicted octanol–water partition coefficient (Wildman–Crippen LogP) is -3.88. The van der Waals surface area contributed by atoms with E-state index in [-0.39, 0.29) is 47.5 Å². The topological polar surface area (TPSA) is 101 Å². The van der Waals surface area contributed by atoms with Crippen LogP contribution in [0.15, 0.2) is 24.3 Å². The Morgan fingerprint density at radius 2 is 1.88 bits per heavy atom. The number of carbonyl (C=O) groups excluding carboxylic acids is 1. The van der Waals surface area contributed by atoms with Crippen molar-refractivity contribution in [1.82, 2.24) is 0 Å². The quantitative estimate of drug-likeness (QED) is 0.456. The Hall–Kier alpha value is -0.590. The normalized spacial score (nSPS) is 10.4. The Labute approximate surface area is 116 Å². The van der Waals surface area contributed by atoms with Gasteiger partial charge in [-0.25, -0.2) is 0 Å². The van der Waals surface area contributed by atoms with Crippen LogP contribution in [0.4, 0.5) is 0 Å². The van der Waals surface area contributed by atoms with Gasteiger partial charge in [0.15, 0.2) is 0 Å². The minimum absolute atomic E-state index is 0. The summed E-state index contributed by atoms with van der Waals surface area (Å²) in [6, 6.07) is 5.64. The van der Waals surface area contributed by atoms with Crippen molar-refractivity contribution in [2.45, 2.75) is 13.0 Å². The third-order valence-electron chi connectivity index (χ3n) is 1.39. The molecule has 16 heavy (non-hydrogen) atoms. The largest absolute Gasteiger partial charge is 1.00 e. The van der Waals surface area contributed by atoms with Gasteiger partial charge in [0.25, 0.3) is 0 Å². The molecule has 3 N–H and O–H groups in total. The van der Waals surface area contributed by atoms with Crippen LogP contribution in [0.25, 0.3) is 0 Å². The van der Waals surface area contributed by atoms with Crippen molar-refractivity contribution in [2.24, 2.45) is 0 Å². The first kappa shape index (κ1) is 17.8. The van der Waals surface area contributed by atoms with Gasteiger partial charge < -0.3 is 25.2 Å². The maximum absolute atomic E-state index is 10.2. The van der Waals surface area contributed by atoms with E-state index in [2.05, 4.69) is 0 Å². The SMILES string of the molecule is CC(O)CO.O=C([O-])c1ccccc1O.[Na+]. The predicted molar refractivity (Wildman–Crippen MR) is 51.2 cm³/mol. The number of rotatable bonds is 2. The minimum atomic E-state index is -1.36. The van der Waals surface area contributed by atoms with Gasteiger partial charge in [0, 0.05) is 5.56 Å². The molecule has 1 unspecified atom stereocenters. The van der Waals surface area contributed by atoms with Gasteiger partial charge in [-0.2, -0.15) is 0 Å². The molecule has 6 heteroatoms. The third kappa shape index (κ3) is 7.67. The number of carboxylic acids is 1. The Balaban J connectivity index is 0. The Morgan fingerprint density at radius 3 is 2.12 bits per heavy atom. The second-order valence-electron chi connectivity index (χ2n) is 2.84. The zero-order valence-electron chi connectivity index (χ0n) is 9.25. The number of hydrogen-bond donors (Lipinski definition) is 3. The molecule has 1 aromatic carbocycles. The van der Waals surface area contributed by atoms with E-state index in [0.29, 0.717) is 0 Å². The summed E-state index contributed by atoms with van der Waals surface area (Å²) < 4.78 is 0. The van der Waals surface area contributed by atoms with Crippen molar-refractivity contribution < 1.29 is 54.8 Å². The first-order valence-electron chi connectivity index (χ1n) is 4.27. The number of aromatic carboxylic acids is 1. The van der Waals surface area contributed by atoms with Crippen molar-refractivity contribution >= 4 is 5.97 Å². The van der Waals surface area contributed by atoms with Crippen LogP contribution in [0.2, 0.25) is 0 Å². The number of aliphatic hydroxyl groups is 2. The van der Waals surface area contributed by atoms with Crippen LogP contribution in [-0.2, 0) is 0 Å². The summed E-state index contributed by atoms with van der Waals surface area (Å²) in [4.78, 5) is 10.2. The van der Waals surface area contributed by atoms with Crippen molar-refractivity contribution in [1.29, 1.82) is 0 Å². The molecule has 0 heterocycles. The molecule has 5 nitrogen and oxygen atoms in total. The van der Waals surface area contributed by atoms with Crippen LogP contribution in [0.3, 0.4) is 0 Å². The van der Waals surface area contributed by atoms with E-state index in [1.165, 1.54) is 25.1 Å². The van der Waals surface area contributed by atoms with Gasteiger partial charge in [-0.3, -0.25) is 0 Å². The number of aromatic hydroxyl groups is 1. The molecule has 1 aromatic rings. The summed E-state index contributed by atoms with van der Waals surface area (Å²) in [6.45, 7) is 1.39. The van der Waals surface area contributed by atoms with E-state index in [1.54, 1.807) is 6.07 Å². The number of carbonyl (C=O) groups is 1. The second-order valence-corrected chi connectivity index (χ2v) is 2.84. The molecule has 0 aliphatic carbocycles. The third-order valence-corrected chi connectivity index (χ3v) is 1.39. The van der Waals surface area contributed by atoms with Crippen LogP contribution in [-0.4, -0.2) is 34.0 Å². The molecule has 0 fully saturated rings. The molecular weight excluding hydrogens is 223 g/mol. The molecule has 0 spiro atoms. The van der Waals surface area contributed by atoms with E-state index >= 15 is 0 Å². The molecule has 0 radical (unpaired) electrons. The summed E-state index contributed by atoms with van der Waals surface area (Å²) in [5.41, 5.74) is -0.178. The van der Waals surface area contributed by atoms with Crippen molar-refractivity contribution in [2.75, 3.05) is 6.61 Å². The van der Waals surface area contributed by atoms with E-state index in [1.807, 2.05) is 0 Å². The maximum atomic E-state index is 10.2. The number of para-hydroxylation sites is 1. The van der Waals surface area contributed by atoms with Crippen LogP contribution in [0.1, 0.15) is 17.3 Å². The standard InChI is InChI=1S/C7H6O3.C3H8O2.Na/c8-6-4-2-1-3-5(6)7(9)10;1-3(5)2-4;/h1-4,8H,(H,9,10);3-5H,2H2,1H3;/q;;+1/p-1. The molecule has 1 atom stereocenters. The van der Waals surface area contributed by atoms with Crippen molar-refractivity contribution in [3.8, 4) is 5.75 Å². The molecular formula is C10H13NaO5. The monoisotopic (exact) mass is 236 g/mol. The molecule has 0 bridgehead atoms. The average Bonchev–Trinajstić information content (AvgIpc) is 2.19. The van der Waals surface area contributed by atoms with Crippen LogP contribution >= 0.6 is 0 Å². The van der Waals surface area contributed by atoms with Crippen LogP contribution in [0, 0.1) is 0 Å². The summed E-state index contributed by atoms with van der Waals surface area (Å²) >= 11 is 0. The zero-order chi connectivity index (χ0) is 11.8. The second kappa shape index (κ2) is 9.62. The average molecular weight is 236 g/mol. The van der Waals surface area contributed by atoms with Gasteiger partial charge in [0.2, 0.25) is 0 Å². The molecule has 0 aromatic heterocycles. The van der Waals surface area contributed by atoms with E-state index in [0.717, 1.165) is 0 Å². The fraction of sp³-hybridized carbons (Fsp3) is 0.300. The van der Waals surface area contributed by atoms with Crippen molar-refractivity contribution in [3.63, 3.8) is 0 Å². The summed E-state index contributed by atoms with van der Waals surface area (Å²) in [7, 11) is 0. The van der Waals surface area contributed by atoms with Crippen molar-refractivity contribution in [3.05, 3.63) is 29.8 Å². The molecule has 0 aliphatic heterocycles. The Bertz CT molecular complexity index is 314. The Kier molecular flexibility index (Phi) is 10.7. The number of hydrogen-bond acceptors (Lipinski definition) is 5. The van der Waals surface area contributed by atoms with Gasteiger partial charge in [-0.1, -0.05) is 12.1 Å². The Morgan fingerprint density at radius 1 is 1.44 bits per heavy atom. The van der Waals surface area contributed by atoms with Gasteiger partial charge in [0.1, 0.15) is 5.75 Å². The van der Waals surface area contributed by atoms with Crippen LogP contribution < -0.4 is 34.7 Å². The van der Waals surface area contributed by atoms with E-state index < -0.39 is 12.1 Å². The molecule has 84 valence electrons. The summed E-state index contributed by atoms with van der Waals surface area (Å²) in [5.74, 6) is -1.62. The number of aliphatic hydroxyl groups excluding tert-OH is 2. The van der Waals surface area contributed by atoms with Gasteiger partial charge in [0.05, 0.1) is 18.7 Å². The number of benzene rings is 1. The minimum Gasteiger partial charge on any atom is -0.545 e. The molecule has 0 saturated heterocycles. The summed E-state index contributed by atoms with van der Waals surface area (Å²) in [6.07, 6.45) is -0.560. The number of carboxylic acid groups (broad SMARTS) is 1. The molecule has 0 saturated carbocycles. The first-order chi connectivity index (χ1) is 6.99. The van der Waals surface area contributed by atoms with Gasteiger partial charge in [-0.15, -0.1) is 0 Å².